The lowest BCUT2D eigenvalue weighted by atomic mass is 9.97. The maximum atomic E-state index is 11.9. The van der Waals surface area contributed by atoms with Crippen LogP contribution in [0.1, 0.15) is 30.8 Å². The average molecular weight is 386 g/mol. The van der Waals surface area contributed by atoms with Crippen molar-refractivity contribution in [1.82, 2.24) is 29.7 Å². The predicted molar refractivity (Wildman–Crippen MR) is 110 cm³/mol. The molecule has 7 heteroatoms. The first-order chi connectivity index (χ1) is 14.2. The molecule has 4 aromatic rings. The van der Waals surface area contributed by atoms with Crippen LogP contribution in [0.5, 0.6) is 0 Å². The molecule has 0 unspecified atom stereocenters. The number of aromatic amines is 1. The van der Waals surface area contributed by atoms with E-state index in [1.165, 1.54) is 30.0 Å². The summed E-state index contributed by atoms with van der Waals surface area (Å²) in [5, 5.41) is 5.15. The van der Waals surface area contributed by atoms with Crippen molar-refractivity contribution in [2.75, 3.05) is 0 Å². The van der Waals surface area contributed by atoms with Gasteiger partial charge < -0.3 is 4.98 Å². The van der Waals surface area contributed by atoms with Crippen molar-refractivity contribution in [2.45, 2.75) is 32.1 Å². The van der Waals surface area contributed by atoms with Crippen LogP contribution in [0, 0.1) is 11.8 Å². The van der Waals surface area contributed by atoms with E-state index in [4.69, 9.17) is 0 Å². The quantitative estimate of drug-likeness (QED) is 0.569. The number of aromatic nitrogens is 6. The van der Waals surface area contributed by atoms with E-state index in [1.807, 2.05) is 30.6 Å². The topological polar surface area (TPSA) is 89.4 Å². The number of hydrogen-bond acceptors (Lipinski definition) is 5. The van der Waals surface area contributed by atoms with Gasteiger partial charge in [-0.05, 0) is 61.8 Å². The molecule has 0 radical (unpaired) electrons. The number of hydrogen-bond donors (Lipinski definition) is 1. The molecular weight excluding hydrogens is 364 g/mol. The molecule has 0 aliphatic heterocycles. The van der Waals surface area contributed by atoms with Crippen molar-refractivity contribution in [3.63, 3.8) is 0 Å². The van der Waals surface area contributed by atoms with Crippen LogP contribution in [0.2, 0.25) is 0 Å². The van der Waals surface area contributed by atoms with Gasteiger partial charge in [-0.25, -0.2) is 9.97 Å². The molecule has 0 bridgehead atoms. The van der Waals surface area contributed by atoms with Crippen molar-refractivity contribution >= 4 is 11.0 Å². The van der Waals surface area contributed by atoms with E-state index in [2.05, 4.69) is 25.0 Å². The number of rotatable bonds is 5. The van der Waals surface area contributed by atoms with Crippen molar-refractivity contribution in [1.29, 1.82) is 0 Å². The van der Waals surface area contributed by atoms with Crippen LogP contribution in [0.3, 0.4) is 0 Å². The summed E-state index contributed by atoms with van der Waals surface area (Å²) >= 11 is 0. The summed E-state index contributed by atoms with van der Waals surface area (Å²) in [6, 6.07) is 9.05. The SMILES string of the molecule is O=c1cccnn1-c1ccc(C[C@H]2CC[C@H](Cc3ncc4cc[nH]c4n3)C2)nc1. The molecule has 1 fully saturated rings. The Kier molecular flexibility index (Phi) is 4.63. The summed E-state index contributed by atoms with van der Waals surface area (Å²) in [5.74, 6) is 2.18. The van der Waals surface area contributed by atoms with E-state index in [1.54, 1.807) is 18.5 Å². The van der Waals surface area contributed by atoms with Crippen LogP contribution in [0.4, 0.5) is 0 Å². The van der Waals surface area contributed by atoms with Gasteiger partial charge >= 0.3 is 0 Å². The Morgan fingerprint density at radius 2 is 1.93 bits per heavy atom. The van der Waals surface area contributed by atoms with E-state index in [0.29, 0.717) is 17.5 Å². The van der Waals surface area contributed by atoms with Crippen LogP contribution >= 0.6 is 0 Å². The molecule has 5 rings (SSSR count). The maximum Gasteiger partial charge on any atom is 0.271 e. The van der Waals surface area contributed by atoms with Gasteiger partial charge in [-0.2, -0.15) is 9.78 Å². The van der Waals surface area contributed by atoms with E-state index in [-0.39, 0.29) is 5.56 Å². The van der Waals surface area contributed by atoms with Crippen molar-refractivity contribution in [3.8, 4) is 5.69 Å². The zero-order valence-corrected chi connectivity index (χ0v) is 16.0. The molecule has 0 saturated heterocycles. The lowest BCUT2D eigenvalue weighted by Crippen LogP contribution is -2.19. The lowest BCUT2D eigenvalue weighted by Gasteiger charge is -2.11. The van der Waals surface area contributed by atoms with Crippen molar-refractivity contribution in [2.24, 2.45) is 11.8 Å². The van der Waals surface area contributed by atoms with Crippen LogP contribution < -0.4 is 5.56 Å². The highest BCUT2D eigenvalue weighted by Crippen LogP contribution is 2.34. The Balaban J connectivity index is 1.20. The Hall–Kier alpha value is -3.35. The second-order valence-electron chi connectivity index (χ2n) is 7.80. The fourth-order valence-corrected chi connectivity index (χ4v) is 4.29. The molecule has 1 aliphatic carbocycles. The molecule has 2 atom stereocenters. The predicted octanol–water partition coefficient (Wildman–Crippen LogP) is 3.10. The third-order valence-corrected chi connectivity index (χ3v) is 5.74. The molecule has 1 N–H and O–H groups in total. The van der Waals surface area contributed by atoms with Gasteiger partial charge in [-0.15, -0.1) is 0 Å². The Labute approximate surface area is 167 Å². The van der Waals surface area contributed by atoms with Gasteiger partial charge in [0.2, 0.25) is 0 Å². The summed E-state index contributed by atoms with van der Waals surface area (Å²) < 4.78 is 1.36. The molecule has 7 nitrogen and oxygen atoms in total. The maximum absolute atomic E-state index is 11.9. The minimum Gasteiger partial charge on any atom is -0.346 e. The Morgan fingerprint density at radius 1 is 1.03 bits per heavy atom. The zero-order chi connectivity index (χ0) is 19.6. The summed E-state index contributed by atoms with van der Waals surface area (Å²) in [5.41, 5.74) is 2.52. The first-order valence-electron chi connectivity index (χ1n) is 10.0. The molecule has 4 aromatic heterocycles. The number of nitrogens with one attached hydrogen (secondary N) is 1. The van der Waals surface area contributed by atoms with Crippen molar-refractivity contribution in [3.05, 3.63) is 77.0 Å². The van der Waals surface area contributed by atoms with Crippen LogP contribution in [-0.4, -0.2) is 29.7 Å². The molecule has 1 saturated carbocycles. The first kappa shape index (κ1) is 17.7. The highest BCUT2D eigenvalue weighted by atomic mass is 16.1. The van der Waals surface area contributed by atoms with E-state index < -0.39 is 0 Å². The summed E-state index contributed by atoms with van der Waals surface area (Å²) in [6.45, 7) is 0. The largest absolute Gasteiger partial charge is 0.346 e. The number of pyridine rings is 1. The third kappa shape index (κ3) is 3.81. The van der Waals surface area contributed by atoms with Gasteiger partial charge in [0.15, 0.2) is 0 Å². The fraction of sp³-hybridized carbons (Fsp3) is 0.318. The van der Waals surface area contributed by atoms with Crippen LogP contribution in [0.15, 0.2) is 59.9 Å². The Bertz CT molecular complexity index is 1180. The summed E-state index contributed by atoms with van der Waals surface area (Å²) in [7, 11) is 0. The average Bonchev–Trinajstić information content (AvgIpc) is 3.38. The van der Waals surface area contributed by atoms with Crippen LogP contribution in [0.25, 0.3) is 16.7 Å². The standard InChI is InChI=1S/C22H22N6O/c29-21-2-1-8-26-28(21)19-6-5-18(24-14-19)11-15-3-4-16(10-15)12-20-25-13-17-7-9-23-22(17)27-20/h1-2,5-9,13-16H,3-4,10-12H2,(H,23,25,27)/t15-,16-/m0/s1. The van der Waals surface area contributed by atoms with Crippen LogP contribution in [-0.2, 0) is 12.8 Å². The van der Waals surface area contributed by atoms with E-state index in [9.17, 15) is 4.79 Å². The molecule has 4 heterocycles. The van der Waals surface area contributed by atoms with Gasteiger partial charge in [-0.1, -0.05) is 0 Å². The van der Waals surface area contributed by atoms with E-state index >= 15 is 0 Å². The number of nitrogens with zero attached hydrogens (tertiary/aromatic N) is 5. The summed E-state index contributed by atoms with van der Waals surface area (Å²) in [4.78, 5) is 28.8. The van der Waals surface area contributed by atoms with Gasteiger partial charge in [0.05, 0.1) is 11.9 Å². The van der Waals surface area contributed by atoms with Crippen molar-refractivity contribution < 1.29 is 0 Å². The molecule has 146 valence electrons. The normalized spacial score (nSPS) is 19.0. The smallest absolute Gasteiger partial charge is 0.271 e. The molecule has 1 aliphatic rings. The van der Waals surface area contributed by atoms with Gasteiger partial charge in [0.25, 0.3) is 5.56 Å². The molecular formula is C22H22N6O. The molecule has 0 spiro atoms. The minimum atomic E-state index is -0.152. The van der Waals surface area contributed by atoms with Gasteiger partial charge in [0.1, 0.15) is 11.5 Å². The fourth-order valence-electron chi connectivity index (χ4n) is 4.29. The monoisotopic (exact) mass is 386 g/mol. The molecule has 29 heavy (non-hydrogen) atoms. The van der Waals surface area contributed by atoms with E-state index in [0.717, 1.165) is 35.4 Å². The molecule has 0 amide bonds. The zero-order valence-electron chi connectivity index (χ0n) is 16.0. The third-order valence-electron chi connectivity index (χ3n) is 5.74. The highest BCUT2D eigenvalue weighted by Gasteiger charge is 2.26. The van der Waals surface area contributed by atoms with Gasteiger partial charge in [0, 0.05) is 42.2 Å². The second kappa shape index (κ2) is 7.58. The lowest BCUT2D eigenvalue weighted by molar-refractivity contribution is 0.477. The first-order valence-corrected chi connectivity index (χ1v) is 10.0. The van der Waals surface area contributed by atoms with Gasteiger partial charge in [-0.3, -0.25) is 9.78 Å². The number of fused-ring (bicyclic) bond motifs is 1. The molecule has 0 aromatic carbocycles. The Morgan fingerprint density at radius 3 is 2.76 bits per heavy atom. The second-order valence-corrected chi connectivity index (χ2v) is 7.80. The number of H-pyrrole nitrogens is 1. The summed E-state index contributed by atoms with van der Waals surface area (Å²) in [6.07, 6.45) is 12.6. The highest BCUT2D eigenvalue weighted by molar-refractivity contribution is 5.73. The minimum absolute atomic E-state index is 0.152.